The lowest BCUT2D eigenvalue weighted by molar-refractivity contribution is -0.0893. The van der Waals surface area contributed by atoms with E-state index < -0.39 is 22.4 Å². The molecule has 0 aromatic heterocycles. The molecule has 3 aromatic rings. The van der Waals surface area contributed by atoms with E-state index in [1.54, 1.807) is 56.9 Å². The van der Waals surface area contributed by atoms with Crippen molar-refractivity contribution >= 4 is 47.4 Å². The van der Waals surface area contributed by atoms with Gasteiger partial charge in [-0.15, -0.1) is 0 Å². The zero-order valence-corrected chi connectivity index (χ0v) is 23.1. The molecule has 36 heavy (non-hydrogen) atoms. The summed E-state index contributed by atoms with van der Waals surface area (Å²) in [5, 5.41) is 24.7. The van der Waals surface area contributed by atoms with Crippen LogP contribution < -0.4 is 20.4 Å². The number of methoxy groups -OCH3 is 2. The Balaban J connectivity index is 2.33. The Bertz CT molecular complexity index is 1170. The van der Waals surface area contributed by atoms with E-state index >= 15 is 0 Å². The van der Waals surface area contributed by atoms with Gasteiger partial charge in [-0.05, 0) is 89.2 Å². The highest BCUT2D eigenvalue weighted by atomic mass is 16.5. The van der Waals surface area contributed by atoms with Crippen LogP contribution in [0.2, 0.25) is 0 Å². The minimum absolute atomic E-state index is 0.660. The van der Waals surface area contributed by atoms with Crippen LogP contribution in [0.15, 0.2) is 36.4 Å². The number of ether oxygens (including phenoxy) is 2. The predicted octanol–water partition coefficient (Wildman–Crippen LogP) is 3.63. The summed E-state index contributed by atoms with van der Waals surface area (Å²) in [6.07, 6.45) is 0. The Morgan fingerprint density at radius 1 is 0.583 bits per heavy atom. The van der Waals surface area contributed by atoms with Crippen LogP contribution in [0.3, 0.4) is 0 Å². The largest absolute Gasteiger partial charge is 0.496 e. The average molecular weight is 492 g/mol. The second-order valence-electron chi connectivity index (χ2n) is 11.2. The highest BCUT2D eigenvalue weighted by Crippen LogP contribution is 2.33. The Labute approximate surface area is 216 Å². The van der Waals surface area contributed by atoms with E-state index in [-0.39, 0.29) is 0 Å². The van der Waals surface area contributed by atoms with Crippen molar-refractivity contribution in [3.8, 4) is 11.5 Å². The van der Waals surface area contributed by atoms with Gasteiger partial charge < -0.3 is 29.0 Å². The summed E-state index contributed by atoms with van der Waals surface area (Å²) in [6, 6.07) is 11.7. The molecule has 3 aromatic carbocycles. The first kappa shape index (κ1) is 28.3. The molecular weight excluding hydrogens is 454 g/mol. The average Bonchev–Trinajstić information content (AvgIpc) is 2.78. The van der Waals surface area contributed by atoms with Gasteiger partial charge in [0.2, 0.25) is 0 Å². The quantitative estimate of drug-likeness (QED) is 0.333. The predicted molar refractivity (Wildman–Crippen MR) is 148 cm³/mol. The summed E-state index contributed by atoms with van der Waals surface area (Å²) < 4.78 is 24.0. The summed E-state index contributed by atoms with van der Waals surface area (Å²) in [5.41, 5.74) is -2.29. The third-order valence-electron chi connectivity index (χ3n) is 7.50. The van der Waals surface area contributed by atoms with Gasteiger partial charge >= 0.3 is 15.0 Å². The van der Waals surface area contributed by atoms with E-state index in [1.165, 1.54) is 0 Å². The Morgan fingerprint density at radius 2 is 0.944 bits per heavy atom. The normalized spacial score (nSPS) is 13.2. The molecule has 0 heterocycles. The fraction of sp³-hybridized carbons (Fsp3) is 0.500. The van der Waals surface area contributed by atoms with Crippen LogP contribution in [0.5, 0.6) is 11.5 Å². The smallest absolute Gasteiger partial charge is 0.332 e. The van der Waals surface area contributed by atoms with Gasteiger partial charge in [-0.1, -0.05) is 24.3 Å². The summed E-state index contributed by atoms with van der Waals surface area (Å²) in [7, 11) is 6.64. The van der Waals surface area contributed by atoms with Gasteiger partial charge in [0.05, 0.1) is 36.6 Å². The van der Waals surface area contributed by atoms with Crippen molar-refractivity contribution in [2.75, 3.05) is 14.2 Å². The Kier molecular flexibility index (Phi) is 7.79. The summed E-state index contributed by atoms with van der Waals surface area (Å²) >= 11 is 0. The zero-order valence-electron chi connectivity index (χ0n) is 23.1. The van der Waals surface area contributed by atoms with Crippen LogP contribution in [-0.2, 0) is 9.31 Å². The third kappa shape index (κ3) is 5.23. The van der Waals surface area contributed by atoms with Gasteiger partial charge in [-0.2, -0.15) is 0 Å². The van der Waals surface area contributed by atoms with E-state index in [1.807, 2.05) is 64.1 Å². The van der Waals surface area contributed by atoms with Crippen molar-refractivity contribution in [3.63, 3.8) is 0 Å². The topological polar surface area (TPSA) is 77.4 Å². The number of hydrogen-bond acceptors (Lipinski definition) is 6. The highest BCUT2D eigenvalue weighted by Gasteiger charge is 2.38. The maximum absolute atomic E-state index is 10.7. The molecular formula is C28H38B2O6. The molecule has 2 N–H and O–H groups in total. The molecule has 2 radical (unpaired) electrons. The molecule has 0 spiro atoms. The van der Waals surface area contributed by atoms with E-state index in [2.05, 4.69) is 0 Å². The second kappa shape index (κ2) is 9.90. The molecule has 3 rings (SSSR count). The molecule has 0 saturated heterocycles. The van der Waals surface area contributed by atoms with Crippen LogP contribution in [0.1, 0.15) is 55.4 Å². The van der Waals surface area contributed by atoms with Gasteiger partial charge in [-0.25, -0.2) is 0 Å². The lowest BCUT2D eigenvalue weighted by Gasteiger charge is -2.38. The van der Waals surface area contributed by atoms with Crippen molar-refractivity contribution in [2.24, 2.45) is 0 Å². The molecule has 0 bridgehead atoms. The van der Waals surface area contributed by atoms with E-state index in [0.717, 1.165) is 32.5 Å². The van der Waals surface area contributed by atoms with Crippen LogP contribution in [0.4, 0.5) is 0 Å². The standard InChI is InChI=1S/C28H38B2O6/c1-25(2,31)27(5,6)35-29-23-17-13-11-15-19(33-9)21(17)24(30-36-28(7,8)26(3,4)32)22-18(23)14-12-16-20(22)34-10/h11-16,31-32H,1-10H3. The van der Waals surface area contributed by atoms with Crippen molar-refractivity contribution in [2.45, 2.75) is 77.8 Å². The van der Waals surface area contributed by atoms with Crippen molar-refractivity contribution in [1.29, 1.82) is 0 Å². The molecule has 0 aliphatic rings. The molecule has 0 atom stereocenters. The molecule has 0 aliphatic heterocycles. The third-order valence-corrected chi connectivity index (χ3v) is 7.50. The van der Waals surface area contributed by atoms with Gasteiger partial charge in [0.25, 0.3) is 0 Å². The second-order valence-corrected chi connectivity index (χ2v) is 11.2. The SMILES string of the molecule is COc1cccc2c([B]OC(C)(C)C(C)(C)O)c3cccc(OC)c3c([B]OC(C)(C)C(C)(C)O)c12. The number of rotatable bonds is 10. The monoisotopic (exact) mass is 492 g/mol. The maximum Gasteiger partial charge on any atom is 0.332 e. The van der Waals surface area contributed by atoms with Crippen molar-refractivity contribution in [3.05, 3.63) is 36.4 Å². The molecule has 192 valence electrons. The molecule has 8 heteroatoms. The van der Waals surface area contributed by atoms with Gasteiger partial charge in [0.1, 0.15) is 11.5 Å². The minimum atomic E-state index is -1.09. The fourth-order valence-electron chi connectivity index (χ4n) is 3.62. The van der Waals surface area contributed by atoms with E-state index in [0.29, 0.717) is 11.5 Å². The Hall–Kier alpha value is -2.25. The number of aliphatic hydroxyl groups is 2. The molecule has 0 amide bonds. The van der Waals surface area contributed by atoms with Crippen LogP contribution in [0.25, 0.3) is 21.5 Å². The highest BCUT2D eigenvalue weighted by molar-refractivity contribution is 6.63. The molecule has 0 fully saturated rings. The van der Waals surface area contributed by atoms with E-state index in [9.17, 15) is 10.2 Å². The molecule has 6 nitrogen and oxygen atoms in total. The zero-order chi connectivity index (χ0) is 27.1. The number of benzene rings is 3. The minimum Gasteiger partial charge on any atom is -0.496 e. The summed E-state index contributed by atoms with van der Waals surface area (Å²) in [5.74, 6) is 1.32. The first-order chi connectivity index (χ1) is 16.6. The molecule has 0 aliphatic carbocycles. The van der Waals surface area contributed by atoms with Crippen molar-refractivity contribution in [1.82, 2.24) is 0 Å². The van der Waals surface area contributed by atoms with Gasteiger partial charge in [-0.3, -0.25) is 0 Å². The maximum atomic E-state index is 10.7. The lowest BCUT2D eigenvalue weighted by atomic mass is 9.70. The lowest BCUT2D eigenvalue weighted by Crippen LogP contribution is -2.50. The van der Waals surface area contributed by atoms with Gasteiger partial charge in [0, 0.05) is 10.8 Å². The fourth-order valence-corrected chi connectivity index (χ4v) is 3.62. The van der Waals surface area contributed by atoms with Crippen LogP contribution >= 0.6 is 0 Å². The number of hydrogen-bond donors (Lipinski definition) is 2. The van der Waals surface area contributed by atoms with Crippen molar-refractivity contribution < 1.29 is 29.0 Å². The van der Waals surface area contributed by atoms with E-state index in [4.69, 9.17) is 18.8 Å². The molecule has 0 saturated carbocycles. The van der Waals surface area contributed by atoms with Crippen LogP contribution in [-0.4, -0.2) is 61.8 Å². The van der Waals surface area contributed by atoms with Crippen LogP contribution in [0, 0.1) is 0 Å². The Morgan fingerprint density at radius 3 is 1.28 bits per heavy atom. The molecule has 0 unspecified atom stereocenters. The summed E-state index contributed by atoms with van der Waals surface area (Å²) in [4.78, 5) is 0. The first-order valence-electron chi connectivity index (χ1n) is 12.1. The summed E-state index contributed by atoms with van der Waals surface area (Å²) in [6.45, 7) is 14.3. The first-order valence-corrected chi connectivity index (χ1v) is 12.1. The number of fused-ring (bicyclic) bond motifs is 2. The van der Waals surface area contributed by atoms with Gasteiger partial charge in [0.15, 0.2) is 0 Å².